The zero-order chi connectivity index (χ0) is 14.8. The zero-order valence-corrected chi connectivity index (χ0v) is 13.3. The molecule has 3 fully saturated rings. The quantitative estimate of drug-likeness (QED) is 0.672. The molecular weight excluding hydrogens is 260 g/mol. The van der Waals surface area contributed by atoms with Crippen LogP contribution < -0.4 is 0 Å². The Morgan fingerprint density at radius 3 is 2.48 bits per heavy atom. The fourth-order valence-corrected chi connectivity index (χ4v) is 6.33. The number of carbonyl (C=O) groups excluding carboxylic acids is 2. The summed E-state index contributed by atoms with van der Waals surface area (Å²) in [4.78, 5) is 24.1. The SMILES string of the molecule is C[C@]12CCC(=O)C=C1CC[C@@H]1[C@H]3CCC(=O)[C@@]3(C)CC[C@@H]12. The molecule has 0 spiro atoms. The highest BCUT2D eigenvalue weighted by atomic mass is 16.1. The van der Waals surface area contributed by atoms with Crippen molar-refractivity contribution in [2.24, 2.45) is 28.6 Å². The van der Waals surface area contributed by atoms with Crippen molar-refractivity contribution in [1.82, 2.24) is 0 Å². The lowest BCUT2D eigenvalue weighted by Gasteiger charge is -2.56. The Kier molecular flexibility index (Phi) is 2.81. The van der Waals surface area contributed by atoms with Gasteiger partial charge >= 0.3 is 0 Å². The van der Waals surface area contributed by atoms with E-state index in [0.717, 1.165) is 38.5 Å². The van der Waals surface area contributed by atoms with Crippen molar-refractivity contribution in [3.8, 4) is 0 Å². The molecule has 0 aromatic rings. The number of fused-ring (bicyclic) bond motifs is 5. The van der Waals surface area contributed by atoms with Crippen molar-refractivity contribution >= 4 is 11.6 Å². The normalized spacial score (nSPS) is 49.2. The molecule has 21 heavy (non-hydrogen) atoms. The van der Waals surface area contributed by atoms with Crippen LogP contribution in [0.15, 0.2) is 11.6 Å². The molecule has 5 atom stereocenters. The third kappa shape index (κ3) is 1.71. The maximum absolute atomic E-state index is 12.4. The summed E-state index contributed by atoms with van der Waals surface area (Å²) in [6.07, 6.45) is 10.2. The van der Waals surface area contributed by atoms with E-state index in [1.807, 2.05) is 6.08 Å². The second-order valence-corrected chi connectivity index (χ2v) is 8.39. The van der Waals surface area contributed by atoms with Gasteiger partial charge in [-0.1, -0.05) is 19.4 Å². The first-order valence-corrected chi connectivity index (χ1v) is 8.72. The third-order valence-electron chi connectivity index (χ3n) is 7.67. The number of hydrogen-bond donors (Lipinski definition) is 0. The number of carbonyl (C=O) groups is 2. The monoisotopic (exact) mass is 286 g/mol. The van der Waals surface area contributed by atoms with Gasteiger partial charge in [0.2, 0.25) is 0 Å². The Morgan fingerprint density at radius 2 is 1.67 bits per heavy atom. The summed E-state index contributed by atoms with van der Waals surface area (Å²) in [7, 11) is 0. The smallest absolute Gasteiger partial charge is 0.155 e. The van der Waals surface area contributed by atoms with Crippen LogP contribution in [0, 0.1) is 28.6 Å². The summed E-state index contributed by atoms with van der Waals surface area (Å²) in [5.74, 6) is 2.88. The van der Waals surface area contributed by atoms with E-state index >= 15 is 0 Å². The molecule has 3 saturated carbocycles. The van der Waals surface area contributed by atoms with Gasteiger partial charge in [-0.25, -0.2) is 0 Å². The maximum atomic E-state index is 12.4. The van der Waals surface area contributed by atoms with E-state index in [1.54, 1.807) is 0 Å². The minimum Gasteiger partial charge on any atom is -0.299 e. The lowest BCUT2D eigenvalue weighted by Crippen LogP contribution is -2.50. The summed E-state index contributed by atoms with van der Waals surface area (Å²) in [6, 6.07) is 0. The lowest BCUT2D eigenvalue weighted by atomic mass is 9.47. The van der Waals surface area contributed by atoms with Gasteiger partial charge in [0.05, 0.1) is 0 Å². The van der Waals surface area contributed by atoms with Crippen LogP contribution in [-0.2, 0) is 9.59 Å². The minimum absolute atomic E-state index is 0.0246. The Hall–Kier alpha value is -0.920. The fourth-order valence-electron chi connectivity index (χ4n) is 6.33. The van der Waals surface area contributed by atoms with Crippen molar-refractivity contribution in [1.29, 1.82) is 0 Å². The first-order chi connectivity index (χ1) is 9.95. The van der Waals surface area contributed by atoms with Crippen molar-refractivity contribution in [2.75, 3.05) is 0 Å². The second-order valence-electron chi connectivity index (χ2n) is 8.39. The van der Waals surface area contributed by atoms with Crippen LogP contribution in [0.1, 0.15) is 65.2 Å². The number of ketones is 2. The van der Waals surface area contributed by atoms with E-state index in [4.69, 9.17) is 0 Å². The van der Waals surface area contributed by atoms with E-state index in [9.17, 15) is 9.59 Å². The van der Waals surface area contributed by atoms with Gasteiger partial charge in [0.25, 0.3) is 0 Å². The van der Waals surface area contributed by atoms with Crippen molar-refractivity contribution < 1.29 is 9.59 Å². The highest BCUT2D eigenvalue weighted by molar-refractivity contribution is 5.91. The number of hydrogen-bond acceptors (Lipinski definition) is 2. The van der Waals surface area contributed by atoms with Gasteiger partial charge in [-0.2, -0.15) is 0 Å². The molecule has 2 heteroatoms. The molecule has 114 valence electrons. The lowest BCUT2D eigenvalue weighted by molar-refractivity contribution is -0.132. The van der Waals surface area contributed by atoms with Crippen LogP contribution in [0.4, 0.5) is 0 Å². The van der Waals surface area contributed by atoms with E-state index in [1.165, 1.54) is 18.4 Å². The molecule has 0 radical (unpaired) electrons. The molecule has 0 amide bonds. The predicted octanol–water partition coefficient (Wildman–Crippen LogP) is 4.09. The van der Waals surface area contributed by atoms with Gasteiger partial charge < -0.3 is 0 Å². The molecule has 0 heterocycles. The highest BCUT2D eigenvalue weighted by Crippen LogP contribution is 2.64. The number of rotatable bonds is 0. The molecule has 0 saturated heterocycles. The van der Waals surface area contributed by atoms with Crippen LogP contribution in [-0.4, -0.2) is 11.6 Å². The largest absolute Gasteiger partial charge is 0.299 e. The summed E-state index contributed by atoms with van der Waals surface area (Å²) in [6.45, 7) is 4.64. The average molecular weight is 286 g/mol. The zero-order valence-electron chi connectivity index (χ0n) is 13.3. The summed E-state index contributed by atoms with van der Waals surface area (Å²) >= 11 is 0. The van der Waals surface area contributed by atoms with Crippen molar-refractivity contribution in [3.05, 3.63) is 11.6 Å². The molecule has 0 aromatic heterocycles. The highest BCUT2D eigenvalue weighted by Gasteiger charge is 2.58. The van der Waals surface area contributed by atoms with Gasteiger partial charge in [-0.15, -0.1) is 0 Å². The van der Waals surface area contributed by atoms with Crippen molar-refractivity contribution in [3.63, 3.8) is 0 Å². The van der Waals surface area contributed by atoms with Crippen LogP contribution in [0.2, 0.25) is 0 Å². The molecule has 4 rings (SSSR count). The van der Waals surface area contributed by atoms with Crippen molar-refractivity contribution in [2.45, 2.75) is 65.2 Å². The molecule has 0 aromatic carbocycles. The molecule has 0 bridgehead atoms. The van der Waals surface area contributed by atoms with Gasteiger partial charge in [-0.3, -0.25) is 9.59 Å². The number of Topliss-reactive ketones (excluding diaryl/α,β-unsaturated/α-hetero) is 1. The topological polar surface area (TPSA) is 34.1 Å². The standard InChI is InChI=1S/C19H26O2/c1-18-9-7-13(20)11-12(18)3-4-14-15-5-6-17(21)19(15,2)10-8-16(14)18/h11,14-16H,3-10H2,1-2H3/t14-,15-,16+,18+,19+/m1/s1. The van der Waals surface area contributed by atoms with E-state index in [-0.39, 0.29) is 10.8 Å². The Morgan fingerprint density at radius 1 is 0.905 bits per heavy atom. The average Bonchev–Trinajstić information content (AvgIpc) is 2.76. The van der Waals surface area contributed by atoms with Crippen LogP contribution >= 0.6 is 0 Å². The van der Waals surface area contributed by atoms with E-state index < -0.39 is 0 Å². The van der Waals surface area contributed by atoms with Crippen LogP contribution in [0.3, 0.4) is 0 Å². The van der Waals surface area contributed by atoms with E-state index in [0.29, 0.717) is 29.3 Å². The number of allylic oxidation sites excluding steroid dienone is 1. The maximum Gasteiger partial charge on any atom is 0.155 e. The summed E-state index contributed by atoms with van der Waals surface area (Å²) in [5.41, 5.74) is 1.64. The third-order valence-corrected chi connectivity index (χ3v) is 7.67. The molecule has 2 nitrogen and oxygen atoms in total. The summed E-state index contributed by atoms with van der Waals surface area (Å²) in [5, 5.41) is 0. The Bertz CT molecular complexity index is 546. The minimum atomic E-state index is -0.0246. The summed E-state index contributed by atoms with van der Waals surface area (Å²) < 4.78 is 0. The van der Waals surface area contributed by atoms with Gasteiger partial charge in [-0.05, 0) is 67.8 Å². The van der Waals surface area contributed by atoms with Gasteiger partial charge in [0.15, 0.2) is 5.78 Å². The Balaban J connectivity index is 1.70. The predicted molar refractivity (Wildman–Crippen MR) is 81.7 cm³/mol. The van der Waals surface area contributed by atoms with Gasteiger partial charge in [0.1, 0.15) is 5.78 Å². The van der Waals surface area contributed by atoms with Crippen LogP contribution in [0.25, 0.3) is 0 Å². The van der Waals surface area contributed by atoms with Crippen LogP contribution in [0.5, 0.6) is 0 Å². The first-order valence-electron chi connectivity index (χ1n) is 8.72. The molecule has 0 unspecified atom stereocenters. The molecule has 4 aliphatic rings. The molecule has 4 aliphatic carbocycles. The van der Waals surface area contributed by atoms with E-state index in [2.05, 4.69) is 13.8 Å². The Labute approximate surface area is 127 Å². The van der Waals surface area contributed by atoms with Gasteiger partial charge in [0, 0.05) is 18.3 Å². The molecule has 0 N–H and O–H groups in total. The second kappa shape index (κ2) is 4.30. The molecule has 0 aliphatic heterocycles. The molecular formula is C19H26O2. The first kappa shape index (κ1) is 13.7. The fraction of sp³-hybridized carbons (Fsp3) is 0.789.